The third kappa shape index (κ3) is 2.31. The highest BCUT2D eigenvalue weighted by Gasteiger charge is 2.04. The average molecular weight is 215 g/mol. The van der Waals surface area contributed by atoms with Crippen LogP contribution < -0.4 is 5.73 Å². The van der Waals surface area contributed by atoms with Gasteiger partial charge >= 0.3 is 0 Å². The number of aldehydes is 1. The van der Waals surface area contributed by atoms with Gasteiger partial charge in [-0.1, -0.05) is 0 Å². The lowest BCUT2D eigenvalue weighted by Crippen LogP contribution is -1.83. The summed E-state index contributed by atoms with van der Waals surface area (Å²) in [5.41, 5.74) is 7.33. The Balaban J connectivity index is 2.17. The third-order valence-corrected chi connectivity index (χ3v) is 2.37. The van der Waals surface area contributed by atoms with E-state index in [1.54, 1.807) is 0 Å². The average Bonchev–Trinajstić information content (AvgIpc) is 2.76. The summed E-state index contributed by atoms with van der Waals surface area (Å²) in [7, 11) is 0. The van der Waals surface area contributed by atoms with Crippen molar-refractivity contribution >= 4 is 12.0 Å². The summed E-state index contributed by atoms with van der Waals surface area (Å²) < 4.78 is 5.61. The molecule has 82 valence electrons. The van der Waals surface area contributed by atoms with Crippen LogP contribution in [-0.4, -0.2) is 6.29 Å². The molecule has 0 fully saturated rings. The van der Waals surface area contributed by atoms with Gasteiger partial charge in [0.1, 0.15) is 17.8 Å². The van der Waals surface area contributed by atoms with E-state index in [-0.39, 0.29) is 0 Å². The summed E-state index contributed by atoms with van der Waals surface area (Å²) in [6, 6.07) is 11.3. The molecule has 0 unspecified atom stereocenters. The molecule has 0 aliphatic heterocycles. The highest BCUT2D eigenvalue weighted by Crippen LogP contribution is 2.23. The Morgan fingerprint density at radius 3 is 2.56 bits per heavy atom. The minimum Gasteiger partial charge on any atom is -0.461 e. The van der Waals surface area contributed by atoms with Crippen LogP contribution in [0.4, 0.5) is 5.69 Å². The van der Waals surface area contributed by atoms with Crippen molar-refractivity contribution in [2.24, 2.45) is 0 Å². The smallest absolute Gasteiger partial charge is 0.134 e. The van der Waals surface area contributed by atoms with Gasteiger partial charge in [0.05, 0.1) is 0 Å². The highest BCUT2D eigenvalue weighted by molar-refractivity contribution is 5.60. The fourth-order valence-electron chi connectivity index (χ4n) is 1.52. The van der Waals surface area contributed by atoms with Crippen LogP contribution in [0.1, 0.15) is 12.2 Å². The van der Waals surface area contributed by atoms with Crippen LogP contribution in [0, 0.1) is 0 Å². The van der Waals surface area contributed by atoms with Crippen LogP contribution in [0.5, 0.6) is 0 Å². The number of furan rings is 1. The number of aryl methyl sites for hydroxylation is 1. The van der Waals surface area contributed by atoms with Crippen molar-refractivity contribution in [3.63, 3.8) is 0 Å². The fraction of sp³-hybridized carbons (Fsp3) is 0.154. The van der Waals surface area contributed by atoms with Gasteiger partial charge in [-0.2, -0.15) is 0 Å². The summed E-state index contributed by atoms with van der Waals surface area (Å²) in [5.74, 6) is 1.64. The lowest BCUT2D eigenvalue weighted by atomic mass is 10.1. The number of rotatable bonds is 4. The maximum absolute atomic E-state index is 10.2. The largest absolute Gasteiger partial charge is 0.461 e. The zero-order valence-electron chi connectivity index (χ0n) is 8.85. The van der Waals surface area contributed by atoms with Gasteiger partial charge in [0.25, 0.3) is 0 Å². The Bertz CT molecular complexity index is 471. The number of hydrogen-bond acceptors (Lipinski definition) is 3. The maximum atomic E-state index is 10.2. The molecule has 2 aromatic rings. The summed E-state index contributed by atoms with van der Waals surface area (Å²) >= 11 is 0. The molecule has 2 rings (SSSR count). The van der Waals surface area contributed by atoms with Gasteiger partial charge < -0.3 is 14.9 Å². The molecular formula is C13H13NO2. The molecule has 0 bridgehead atoms. The monoisotopic (exact) mass is 215 g/mol. The minimum absolute atomic E-state index is 0.495. The number of carbonyl (C=O) groups excluding carboxylic acids is 1. The van der Waals surface area contributed by atoms with Crippen molar-refractivity contribution in [1.82, 2.24) is 0 Å². The second kappa shape index (κ2) is 4.66. The third-order valence-electron chi connectivity index (χ3n) is 2.37. The van der Waals surface area contributed by atoms with Crippen LogP contribution in [0.2, 0.25) is 0 Å². The standard InChI is InChI=1S/C13H13NO2/c14-11-5-3-10(4-6-11)13-8-7-12(16-13)2-1-9-15/h3-9H,1-2,14H2. The zero-order chi connectivity index (χ0) is 11.4. The number of hydrogen-bond donors (Lipinski definition) is 1. The molecule has 2 N–H and O–H groups in total. The van der Waals surface area contributed by atoms with Crippen molar-refractivity contribution in [2.45, 2.75) is 12.8 Å². The molecule has 0 spiro atoms. The van der Waals surface area contributed by atoms with Crippen LogP contribution in [0.3, 0.4) is 0 Å². The Hall–Kier alpha value is -2.03. The maximum Gasteiger partial charge on any atom is 0.134 e. The lowest BCUT2D eigenvalue weighted by molar-refractivity contribution is -0.107. The van der Waals surface area contributed by atoms with Crippen LogP contribution in [-0.2, 0) is 11.2 Å². The van der Waals surface area contributed by atoms with Crippen molar-refractivity contribution in [2.75, 3.05) is 5.73 Å². The minimum atomic E-state index is 0.495. The van der Waals surface area contributed by atoms with E-state index < -0.39 is 0 Å². The SMILES string of the molecule is Nc1ccc(-c2ccc(CCC=O)o2)cc1. The second-order valence-electron chi connectivity index (χ2n) is 3.59. The molecule has 1 aromatic carbocycles. The molecule has 0 aliphatic carbocycles. The van der Waals surface area contributed by atoms with Crippen LogP contribution >= 0.6 is 0 Å². The van der Waals surface area contributed by atoms with Gasteiger partial charge in [-0.15, -0.1) is 0 Å². The van der Waals surface area contributed by atoms with E-state index in [2.05, 4.69) is 0 Å². The molecule has 1 heterocycles. The van der Waals surface area contributed by atoms with E-state index in [0.29, 0.717) is 12.8 Å². The molecule has 3 heteroatoms. The molecule has 0 saturated heterocycles. The Morgan fingerprint density at radius 2 is 1.88 bits per heavy atom. The van der Waals surface area contributed by atoms with Gasteiger partial charge in [-0.3, -0.25) is 0 Å². The van der Waals surface area contributed by atoms with Crippen LogP contribution in [0.15, 0.2) is 40.8 Å². The highest BCUT2D eigenvalue weighted by atomic mass is 16.3. The van der Waals surface area contributed by atoms with E-state index in [9.17, 15) is 4.79 Å². The summed E-state index contributed by atoms with van der Waals surface area (Å²) in [4.78, 5) is 10.2. The van der Waals surface area contributed by atoms with Crippen molar-refractivity contribution < 1.29 is 9.21 Å². The second-order valence-corrected chi connectivity index (χ2v) is 3.59. The van der Waals surface area contributed by atoms with Gasteiger partial charge in [0.2, 0.25) is 0 Å². The van der Waals surface area contributed by atoms with Gasteiger partial charge in [0.15, 0.2) is 0 Å². The number of benzene rings is 1. The van der Waals surface area contributed by atoms with E-state index >= 15 is 0 Å². The number of anilines is 1. The topological polar surface area (TPSA) is 56.2 Å². The normalized spacial score (nSPS) is 10.2. The number of nitrogens with two attached hydrogens (primary N) is 1. The first-order valence-electron chi connectivity index (χ1n) is 5.18. The fourth-order valence-corrected chi connectivity index (χ4v) is 1.52. The van der Waals surface area contributed by atoms with E-state index in [1.165, 1.54) is 0 Å². The predicted octanol–water partition coefficient (Wildman–Crippen LogP) is 2.66. The molecule has 1 aromatic heterocycles. The molecule has 0 radical (unpaired) electrons. The van der Waals surface area contributed by atoms with E-state index in [0.717, 1.165) is 29.1 Å². The lowest BCUT2D eigenvalue weighted by Gasteiger charge is -1.97. The van der Waals surface area contributed by atoms with Gasteiger partial charge in [-0.25, -0.2) is 0 Å². The Kier molecular flexibility index (Phi) is 3.05. The first-order valence-corrected chi connectivity index (χ1v) is 5.18. The van der Waals surface area contributed by atoms with Crippen molar-refractivity contribution in [1.29, 1.82) is 0 Å². The predicted molar refractivity (Wildman–Crippen MR) is 62.9 cm³/mol. The quantitative estimate of drug-likeness (QED) is 0.630. The first kappa shape index (κ1) is 10.5. The van der Waals surface area contributed by atoms with E-state index in [1.807, 2.05) is 36.4 Å². The molecule has 16 heavy (non-hydrogen) atoms. The molecular weight excluding hydrogens is 202 g/mol. The molecule has 3 nitrogen and oxygen atoms in total. The molecule has 0 saturated carbocycles. The van der Waals surface area contributed by atoms with E-state index in [4.69, 9.17) is 10.2 Å². The van der Waals surface area contributed by atoms with Crippen molar-refractivity contribution in [3.8, 4) is 11.3 Å². The summed E-state index contributed by atoms with van der Waals surface area (Å²) in [6.07, 6.45) is 2.04. The first-order chi connectivity index (χ1) is 7.79. The van der Waals surface area contributed by atoms with Crippen LogP contribution in [0.25, 0.3) is 11.3 Å². The van der Waals surface area contributed by atoms with Crippen molar-refractivity contribution in [3.05, 3.63) is 42.2 Å². The number of carbonyl (C=O) groups is 1. The molecule has 0 amide bonds. The van der Waals surface area contributed by atoms with Gasteiger partial charge in [0, 0.05) is 24.1 Å². The Morgan fingerprint density at radius 1 is 1.12 bits per heavy atom. The summed E-state index contributed by atoms with van der Waals surface area (Å²) in [5, 5.41) is 0. The number of nitrogen functional groups attached to an aromatic ring is 1. The molecule has 0 atom stereocenters. The zero-order valence-corrected chi connectivity index (χ0v) is 8.85. The van der Waals surface area contributed by atoms with Gasteiger partial charge in [-0.05, 0) is 36.4 Å². The Labute approximate surface area is 93.9 Å². The summed E-state index contributed by atoms with van der Waals surface area (Å²) in [6.45, 7) is 0. The molecule has 0 aliphatic rings.